The predicted octanol–water partition coefficient (Wildman–Crippen LogP) is 1.31. The summed E-state index contributed by atoms with van der Waals surface area (Å²) in [6, 6.07) is 13.5. The number of para-hydroxylation sites is 2. The Balaban J connectivity index is 1.54. The minimum atomic E-state index is -0.268. The number of nitro groups is 1. The summed E-state index contributed by atoms with van der Waals surface area (Å²) >= 11 is 0. The summed E-state index contributed by atoms with van der Waals surface area (Å²) in [7, 11) is 1.68. The summed E-state index contributed by atoms with van der Waals surface area (Å²) in [6.45, 7) is 7.11. The number of nitro benzene ring substituents is 1. The second-order valence-corrected chi connectivity index (χ2v) is 7.43. The minimum Gasteiger partial charge on any atom is -0.495 e. The Bertz CT molecular complexity index is 861. The lowest BCUT2D eigenvalue weighted by Crippen LogP contribution is -2.89. The van der Waals surface area contributed by atoms with Crippen LogP contribution in [0.4, 0.5) is 22.7 Å². The number of benzene rings is 2. The third-order valence-corrected chi connectivity index (χ3v) is 5.77. The first kappa shape index (κ1) is 19.3. The number of quaternary nitrogens is 1. The fourth-order valence-electron chi connectivity index (χ4n) is 4.20. The number of hydrogen-bond acceptors (Lipinski definition) is 6. The number of nitrogens with zero attached hydrogens (tertiary/aromatic N) is 4. The van der Waals surface area contributed by atoms with Crippen LogP contribution in [0.1, 0.15) is 0 Å². The highest BCUT2D eigenvalue weighted by Gasteiger charge is 2.26. The number of anilines is 3. The van der Waals surface area contributed by atoms with E-state index in [1.807, 2.05) is 30.3 Å². The van der Waals surface area contributed by atoms with Crippen molar-refractivity contribution < 1.29 is 15.0 Å². The first-order valence-electron chi connectivity index (χ1n) is 10.2. The van der Waals surface area contributed by atoms with Gasteiger partial charge in [0.05, 0.1) is 43.9 Å². The van der Waals surface area contributed by atoms with Gasteiger partial charge in [-0.25, -0.2) is 0 Å². The molecule has 0 saturated carbocycles. The highest BCUT2D eigenvalue weighted by molar-refractivity contribution is 5.71. The molecular weight excluding hydrogens is 370 g/mol. The monoisotopic (exact) mass is 398 g/mol. The van der Waals surface area contributed by atoms with Gasteiger partial charge in [0.25, 0.3) is 5.69 Å². The van der Waals surface area contributed by atoms with E-state index in [1.54, 1.807) is 13.2 Å². The first-order valence-corrected chi connectivity index (χ1v) is 10.2. The highest BCUT2D eigenvalue weighted by Crippen LogP contribution is 2.35. The number of rotatable bonds is 5. The van der Waals surface area contributed by atoms with E-state index < -0.39 is 0 Å². The van der Waals surface area contributed by atoms with E-state index in [0.29, 0.717) is 0 Å². The predicted molar refractivity (Wildman–Crippen MR) is 114 cm³/mol. The van der Waals surface area contributed by atoms with Gasteiger partial charge in [0.1, 0.15) is 11.4 Å². The Morgan fingerprint density at radius 2 is 1.55 bits per heavy atom. The molecule has 0 atom stereocenters. The summed E-state index contributed by atoms with van der Waals surface area (Å²) < 4.78 is 5.49. The standard InChI is InChI=1S/C21H27N5O3/c1-29-21-5-3-2-4-19(21)24-12-14-25(15-13-24)20-16-17(6-7-18(20)26(27)28)23-10-8-22-9-11-23/h2-7,16,22H,8-15H2,1H3/p+1. The Labute approximate surface area is 170 Å². The van der Waals surface area contributed by atoms with Crippen molar-refractivity contribution >= 4 is 22.7 Å². The van der Waals surface area contributed by atoms with Crippen molar-refractivity contribution in [1.29, 1.82) is 0 Å². The third kappa shape index (κ3) is 4.07. The van der Waals surface area contributed by atoms with E-state index in [2.05, 4.69) is 26.1 Å². The van der Waals surface area contributed by atoms with Crippen molar-refractivity contribution in [3.8, 4) is 5.75 Å². The van der Waals surface area contributed by atoms with Crippen molar-refractivity contribution in [3.63, 3.8) is 0 Å². The lowest BCUT2D eigenvalue weighted by atomic mass is 10.1. The second-order valence-electron chi connectivity index (χ2n) is 7.43. The molecule has 8 nitrogen and oxygen atoms in total. The molecule has 0 radical (unpaired) electrons. The van der Waals surface area contributed by atoms with Crippen molar-refractivity contribution in [1.82, 2.24) is 0 Å². The molecule has 2 aromatic rings. The summed E-state index contributed by atoms with van der Waals surface area (Å²) in [4.78, 5) is 18.1. The average molecular weight is 398 g/mol. The van der Waals surface area contributed by atoms with Gasteiger partial charge in [-0.2, -0.15) is 0 Å². The SMILES string of the molecule is COc1ccccc1N1CCN(c2cc(N3CC[NH2+]CC3)ccc2[N+](=O)[O-])CC1. The van der Waals surface area contributed by atoms with Crippen molar-refractivity contribution in [2.75, 3.05) is 74.2 Å². The topological polar surface area (TPSA) is 78.7 Å². The van der Waals surface area contributed by atoms with Crippen LogP contribution < -0.4 is 24.8 Å². The molecule has 2 aliphatic rings. The molecule has 0 spiro atoms. The van der Waals surface area contributed by atoms with Gasteiger partial charge in [0.15, 0.2) is 0 Å². The maximum absolute atomic E-state index is 11.7. The third-order valence-electron chi connectivity index (χ3n) is 5.77. The maximum atomic E-state index is 11.7. The molecule has 0 amide bonds. The lowest BCUT2D eigenvalue weighted by Gasteiger charge is -2.38. The molecule has 0 bridgehead atoms. The van der Waals surface area contributed by atoms with E-state index in [-0.39, 0.29) is 10.6 Å². The molecule has 2 N–H and O–H groups in total. The zero-order valence-electron chi connectivity index (χ0n) is 16.8. The van der Waals surface area contributed by atoms with Gasteiger partial charge in [-0.3, -0.25) is 10.1 Å². The average Bonchev–Trinajstić information content (AvgIpc) is 2.79. The Kier molecular flexibility index (Phi) is 5.71. The van der Waals surface area contributed by atoms with Crippen LogP contribution in [-0.2, 0) is 0 Å². The van der Waals surface area contributed by atoms with Gasteiger partial charge in [-0.1, -0.05) is 12.1 Å². The first-order chi connectivity index (χ1) is 14.2. The van der Waals surface area contributed by atoms with Crippen LogP contribution in [0.3, 0.4) is 0 Å². The Hall–Kier alpha value is -3.00. The quantitative estimate of drug-likeness (QED) is 0.605. The smallest absolute Gasteiger partial charge is 0.292 e. The van der Waals surface area contributed by atoms with E-state index in [0.717, 1.165) is 75.2 Å². The molecule has 29 heavy (non-hydrogen) atoms. The molecular formula is C21H28N5O3+. The fraction of sp³-hybridized carbons (Fsp3) is 0.429. The molecule has 154 valence electrons. The molecule has 4 rings (SSSR count). The van der Waals surface area contributed by atoms with Gasteiger partial charge in [-0.15, -0.1) is 0 Å². The van der Waals surface area contributed by atoms with Crippen LogP contribution in [0.5, 0.6) is 5.75 Å². The molecule has 2 aliphatic heterocycles. The van der Waals surface area contributed by atoms with Crippen LogP contribution in [0.15, 0.2) is 42.5 Å². The van der Waals surface area contributed by atoms with E-state index in [9.17, 15) is 10.1 Å². The van der Waals surface area contributed by atoms with Gasteiger partial charge < -0.3 is 24.8 Å². The molecule has 2 aromatic carbocycles. The Morgan fingerprint density at radius 3 is 2.21 bits per heavy atom. The molecule has 0 unspecified atom stereocenters. The van der Waals surface area contributed by atoms with Crippen LogP contribution >= 0.6 is 0 Å². The van der Waals surface area contributed by atoms with E-state index in [1.165, 1.54) is 0 Å². The maximum Gasteiger partial charge on any atom is 0.292 e. The summed E-state index contributed by atoms with van der Waals surface area (Å²) in [5.74, 6) is 0.857. The van der Waals surface area contributed by atoms with Gasteiger partial charge >= 0.3 is 0 Å². The van der Waals surface area contributed by atoms with Gasteiger partial charge in [0.2, 0.25) is 0 Å². The van der Waals surface area contributed by atoms with Crippen molar-refractivity contribution in [2.24, 2.45) is 0 Å². The lowest BCUT2D eigenvalue weighted by molar-refractivity contribution is -0.655. The molecule has 2 saturated heterocycles. The summed E-state index contributed by atoms with van der Waals surface area (Å²) in [5, 5.41) is 14.0. The largest absolute Gasteiger partial charge is 0.495 e. The minimum absolute atomic E-state index is 0.183. The van der Waals surface area contributed by atoms with Crippen LogP contribution in [-0.4, -0.2) is 64.4 Å². The molecule has 2 heterocycles. The van der Waals surface area contributed by atoms with E-state index in [4.69, 9.17) is 4.74 Å². The number of nitrogens with two attached hydrogens (primary N) is 1. The zero-order chi connectivity index (χ0) is 20.2. The number of methoxy groups -OCH3 is 1. The summed E-state index contributed by atoms with van der Waals surface area (Å²) in [6.07, 6.45) is 0. The molecule has 0 aromatic heterocycles. The number of hydrogen-bond donors (Lipinski definition) is 1. The molecule has 2 fully saturated rings. The van der Waals surface area contributed by atoms with Crippen molar-refractivity contribution in [2.45, 2.75) is 0 Å². The van der Waals surface area contributed by atoms with Crippen LogP contribution in [0.2, 0.25) is 0 Å². The Morgan fingerprint density at radius 1 is 0.897 bits per heavy atom. The highest BCUT2D eigenvalue weighted by atomic mass is 16.6. The normalized spacial score (nSPS) is 17.3. The molecule has 8 heteroatoms. The molecule has 0 aliphatic carbocycles. The second kappa shape index (κ2) is 8.57. The van der Waals surface area contributed by atoms with Crippen LogP contribution in [0.25, 0.3) is 0 Å². The van der Waals surface area contributed by atoms with Crippen molar-refractivity contribution in [3.05, 3.63) is 52.6 Å². The fourth-order valence-corrected chi connectivity index (χ4v) is 4.20. The number of ether oxygens (including phenoxy) is 1. The van der Waals surface area contributed by atoms with Gasteiger partial charge in [-0.05, 0) is 24.3 Å². The van der Waals surface area contributed by atoms with Crippen LogP contribution in [0, 0.1) is 10.1 Å². The van der Waals surface area contributed by atoms with Gasteiger partial charge in [0, 0.05) is 37.9 Å². The van der Waals surface area contributed by atoms with E-state index >= 15 is 0 Å². The number of piperazine rings is 2. The summed E-state index contributed by atoms with van der Waals surface area (Å²) in [5.41, 5.74) is 3.05. The zero-order valence-corrected chi connectivity index (χ0v) is 16.8.